The van der Waals surface area contributed by atoms with Gasteiger partial charge in [0, 0.05) is 11.8 Å². The molecule has 1 amide bonds. The van der Waals surface area contributed by atoms with Crippen LogP contribution < -0.4 is 10.2 Å². The van der Waals surface area contributed by atoms with Crippen LogP contribution in [0, 0.1) is 6.92 Å². The third kappa shape index (κ3) is 4.64. The zero-order chi connectivity index (χ0) is 20.8. The number of nitrogens with one attached hydrogen (secondary N) is 1. The standard InChI is InChI=1S/C23H20N4O3/c1-17-12-13-21(30-17)23-18(15-27(26-23)19-8-4-2-5-9-19)14-24-25-22(28)16-29-20-10-6-3-7-11-20/h2-15H,16H2,1H3,(H,25,28)/b24-14-. The third-order valence-electron chi connectivity index (χ3n) is 4.24. The molecule has 0 fully saturated rings. The maximum Gasteiger partial charge on any atom is 0.277 e. The fraction of sp³-hybridized carbons (Fsp3) is 0.0870. The summed E-state index contributed by atoms with van der Waals surface area (Å²) < 4.78 is 12.9. The molecule has 30 heavy (non-hydrogen) atoms. The maximum atomic E-state index is 12.0. The van der Waals surface area contributed by atoms with Crippen LogP contribution in [0.3, 0.4) is 0 Å². The molecule has 4 rings (SSSR count). The molecule has 4 aromatic rings. The van der Waals surface area contributed by atoms with Gasteiger partial charge in [0.25, 0.3) is 5.91 Å². The van der Waals surface area contributed by atoms with Gasteiger partial charge in [-0.05, 0) is 43.3 Å². The molecule has 0 saturated carbocycles. The van der Waals surface area contributed by atoms with Crippen LogP contribution in [0.25, 0.3) is 17.1 Å². The first-order chi connectivity index (χ1) is 14.7. The smallest absolute Gasteiger partial charge is 0.277 e. The number of hydrazone groups is 1. The quantitative estimate of drug-likeness (QED) is 0.376. The SMILES string of the molecule is Cc1ccc(-c2nn(-c3ccccc3)cc2/C=N\NC(=O)COc2ccccc2)o1. The number of furan rings is 1. The van der Waals surface area contributed by atoms with Crippen LogP contribution in [0.15, 0.2) is 88.5 Å². The molecule has 2 heterocycles. The Bertz CT molecular complexity index is 1150. The highest BCUT2D eigenvalue weighted by Crippen LogP contribution is 2.24. The second-order valence-electron chi connectivity index (χ2n) is 6.52. The van der Waals surface area contributed by atoms with E-state index < -0.39 is 0 Å². The van der Waals surface area contributed by atoms with Crippen molar-refractivity contribution in [3.63, 3.8) is 0 Å². The summed E-state index contributed by atoms with van der Waals surface area (Å²) in [5.41, 5.74) is 4.71. The molecular weight excluding hydrogens is 380 g/mol. The zero-order valence-electron chi connectivity index (χ0n) is 16.4. The minimum atomic E-state index is -0.360. The Labute approximate surface area is 173 Å². The maximum absolute atomic E-state index is 12.0. The second-order valence-corrected chi connectivity index (χ2v) is 6.52. The van der Waals surface area contributed by atoms with Gasteiger partial charge >= 0.3 is 0 Å². The number of ether oxygens (including phenoxy) is 1. The predicted octanol–water partition coefficient (Wildman–Crippen LogP) is 3.97. The minimum Gasteiger partial charge on any atom is -0.484 e. The van der Waals surface area contributed by atoms with Crippen molar-refractivity contribution < 1.29 is 13.9 Å². The molecule has 7 heteroatoms. The molecule has 0 bridgehead atoms. The van der Waals surface area contributed by atoms with E-state index in [9.17, 15) is 4.79 Å². The number of nitrogens with zero attached hydrogens (tertiary/aromatic N) is 3. The number of amides is 1. The van der Waals surface area contributed by atoms with Crippen molar-refractivity contribution in [1.29, 1.82) is 0 Å². The lowest BCUT2D eigenvalue weighted by Gasteiger charge is -2.03. The molecule has 0 spiro atoms. The fourth-order valence-corrected chi connectivity index (χ4v) is 2.82. The van der Waals surface area contributed by atoms with Crippen molar-refractivity contribution in [3.05, 3.63) is 90.3 Å². The Kier molecular flexibility index (Phi) is 5.70. The van der Waals surface area contributed by atoms with Crippen LogP contribution in [-0.4, -0.2) is 28.5 Å². The molecule has 7 nitrogen and oxygen atoms in total. The molecule has 2 aromatic carbocycles. The molecule has 0 radical (unpaired) electrons. The van der Waals surface area contributed by atoms with Gasteiger partial charge in [-0.15, -0.1) is 0 Å². The van der Waals surface area contributed by atoms with Crippen LogP contribution in [-0.2, 0) is 4.79 Å². The third-order valence-corrected chi connectivity index (χ3v) is 4.24. The van der Waals surface area contributed by atoms with Crippen molar-refractivity contribution in [2.75, 3.05) is 6.61 Å². The number of aromatic nitrogens is 2. The Hall–Kier alpha value is -4.13. The van der Waals surface area contributed by atoms with Gasteiger partial charge in [0.15, 0.2) is 12.4 Å². The number of hydrogen-bond acceptors (Lipinski definition) is 5. The Morgan fingerprint density at radius 1 is 1.10 bits per heavy atom. The predicted molar refractivity (Wildman–Crippen MR) is 114 cm³/mol. The molecule has 0 unspecified atom stereocenters. The molecule has 0 atom stereocenters. The van der Waals surface area contributed by atoms with E-state index in [1.165, 1.54) is 0 Å². The summed E-state index contributed by atoms with van der Waals surface area (Å²) in [6.45, 7) is 1.74. The number of carbonyl (C=O) groups is 1. The van der Waals surface area contributed by atoms with E-state index >= 15 is 0 Å². The highest BCUT2D eigenvalue weighted by Gasteiger charge is 2.14. The van der Waals surface area contributed by atoms with E-state index in [1.54, 1.807) is 23.0 Å². The number of benzene rings is 2. The summed E-state index contributed by atoms with van der Waals surface area (Å²) in [5.74, 6) is 1.67. The number of carbonyl (C=O) groups excluding carboxylic acids is 1. The second kappa shape index (κ2) is 8.91. The largest absolute Gasteiger partial charge is 0.484 e. The highest BCUT2D eigenvalue weighted by molar-refractivity contribution is 5.88. The Morgan fingerprint density at radius 2 is 1.83 bits per heavy atom. The lowest BCUT2D eigenvalue weighted by atomic mass is 10.2. The van der Waals surface area contributed by atoms with Gasteiger partial charge in [-0.1, -0.05) is 36.4 Å². The number of para-hydroxylation sites is 2. The average molecular weight is 400 g/mol. The van der Waals surface area contributed by atoms with Crippen LogP contribution in [0.4, 0.5) is 0 Å². The molecular formula is C23H20N4O3. The monoisotopic (exact) mass is 400 g/mol. The Morgan fingerprint density at radius 3 is 2.53 bits per heavy atom. The number of hydrogen-bond donors (Lipinski definition) is 1. The summed E-state index contributed by atoms with van der Waals surface area (Å²) in [4.78, 5) is 12.0. The first-order valence-electron chi connectivity index (χ1n) is 9.41. The van der Waals surface area contributed by atoms with Crippen molar-refractivity contribution in [2.45, 2.75) is 6.92 Å². The van der Waals surface area contributed by atoms with Crippen LogP contribution >= 0.6 is 0 Å². The van der Waals surface area contributed by atoms with Gasteiger partial charge in [-0.25, -0.2) is 10.1 Å². The molecule has 0 aliphatic rings. The summed E-state index contributed by atoms with van der Waals surface area (Å²) in [6, 6.07) is 22.6. The van der Waals surface area contributed by atoms with Gasteiger partial charge < -0.3 is 9.15 Å². The number of aryl methyl sites for hydroxylation is 1. The van der Waals surface area contributed by atoms with Crippen LogP contribution in [0.2, 0.25) is 0 Å². The van der Waals surface area contributed by atoms with E-state index in [0.29, 0.717) is 22.8 Å². The first kappa shape index (κ1) is 19.2. The van der Waals surface area contributed by atoms with Crippen molar-refractivity contribution >= 4 is 12.1 Å². The lowest BCUT2D eigenvalue weighted by molar-refractivity contribution is -0.123. The van der Waals surface area contributed by atoms with E-state index in [0.717, 1.165) is 11.4 Å². The summed E-state index contributed by atoms with van der Waals surface area (Å²) in [5, 5.41) is 8.69. The molecule has 0 aliphatic heterocycles. The highest BCUT2D eigenvalue weighted by atomic mass is 16.5. The van der Waals surface area contributed by atoms with Crippen LogP contribution in [0.5, 0.6) is 5.75 Å². The normalized spacial score (nSPS) is 11.0. The van der Waals surface area contributed by atoms with Gasteiger partial charge in [-0.2, -0.15) is 10.2 Å². The van der Waals surface area contributed by atoms with Crippen molar-refractivity contribution in [1.82, 2.24) is 15.2 Å². The lowest BCUT2D eigenvalue weighted by Crippen LogP contribution is -2.24. The summed E-state index contributed by atoms with van der Waals surface area (Å²) in [6.07, 6.45) is 3.37. The molecule has 150 valence electrons. The molecule has 0 aliphatic carbocycles. The first-order valence-corrected chi connectivity index (χ1v) is 9.41. The van der Waals surface area contributed by atoms with Gasteiger partial charge in [-0.3, -0.25) is 4.79 Å². The van der Waals surface area contributed by atoms with E-state index in [4.69, 9.17) is 9.15 Å². The van der Waals surface area contributed by atoms with E-state index in [2.05, 4.69) is 15.6 Å². The average Bonchev–Trinajstić information content (AvgIpc) is 3.40. The van der Waals surface area contributed by atoms with Crippen molar-refractivity contribution in [2.24, 2.45) is 5.10 Å². The minimum absolute atomic E-state index is 0.130. The molecule has 0 saturated heterocycles. The molecule has 2 aromatic heterocycles. The van der Waals surface area contributed by atoms with E-state index in [-0.39, 0.29) is 12.5 Å². The van der Waals surface area contributed by atoms with Gasteiger partial charge in [0.1, 0.15) is 17.2 Å². The zero-order valence-corrected chi connectivity index (χ0v) is 16.4. The van der Waals surface area contributed by atoms with Gasteiger partial charge in [0.05, 0.1) is 11.9 Å². The van der Waals surface area contributed by atoms with Crippen molar-refractivity contribution in [3.8, 4) is 22.9 Å². The van der Waals surface area contributed by atoms with Crippen LogP contribution in [0.1, 0.15) is 11.3 Å². The fourth-order valence-electron chi connectivity index (χ4n) is 2.82. The topological polar surface area (TPSA) is 81.7 Å². The van der Waals surface area contributed by atoms with E-state index in [1.807, 2.05) is 73.8 Å². The number of rotatable bonds is 7. The molecule has 1 N–H and O–H groups in total. The Balaban J connectivity index is 1.49. The summed E-state index contributed by atoms with van der Waals surface area (Å²) >= 11 is 0. The summed E-state index contributed by atoms with van der Waals surface area (Å²) in [7, 11) is 0. The van der Waals surface area contributed by atoms with Gasteiger partial charge in [0.2, 0.25) is 0 Å².